The van der Waals surface area contributed by atoms with Gasteiger partial charge in [-0.05, 0) is 0 Å². The van der Waals surface area contributed by atoms with Crippen LogP contribution in [0.2, 0.25) is 0 Å². The van der Waals surface area contributed by atoms with Crippen LogP contribution >= 0.6 is 0 Å². The lowest BCUT2D eigenvalue weighted by Gasteiger charge is -2.26. The van der Waals surface area contributed by atoms with Crippen molar-refractivity contribution in [2.24, 2.45) is 0 Å². The molecule has 0 radical (unpaired) electrons. The third kappa shape index (κ3) is 5.32. The summed E-state index contributed by atoms with van der Waals surface area (Å²) in [7, 11) is -3.00. The number of ether oxygens (including phenoxy) is 1. The zero-order chi connectivity index (χ0) is 13.6. The standard InChI is InChI=1S/C9H16N2O6S/c12-8(13)7-17-4-1-10-9(14)11-2-5-18(15,16)6-3-11/h1-7H2,(H,10,14)(H,12,13). The van der Waals surface area contributed by atoms with Crippen LogP contribution in [0, 0.1) is 0 Å². The topological polar surface area (TPSA) is 113 Å². The van der Waals surface area contributed by atoms with Gasteiger partial charge in [0.15, 0.2) is 9.84 Å². The van der Waals surface area contributed by atoms with Gasteiger partial charge in [-0.1, -0.05) is 0 Å². The third-order valence-corrected chi connectivity index (χ3v) is 3.99. The number of aliphatic carboxylic acids is 1. The van der Waals surface area contributed by atoms with Crippen LogP contribution in [0.3, 0.4) is 0 Å². The van der Waals surface area contributed by atoms with E-state index in [0.29, 0.717) is 0 Å². The summed E-state index contributed by atoms with van der Waals surface area (Å²) in [6, 6.07) is -0.358. The molecule has 0 atom stereocenters. The lowest BCUT2D eigenvalue weighted by Crippen LogP contribution is -2.48. The van der Waals surface area contributed by atoms with E-state index in [1.807, 2.05) is 0 Å². The Balaban J connectivity index is 2.16. The summed E-state index contributed by atoms with van der Waals surface area (Å²) in [6.07, 6.45) is 0. The number of hydrogen-bond acceptors (Lipinski definition) is 5. The summed E-state index contributed by atoms with van der Waals surface area (Å²) in [6.45, 7) is 0.256. The quantitative estimate of drug-likeness (QED) is 0.594. The number of carbonyl (C=O) groups is 2. The highest BCUT2D eigenvalue weighted by Crippen LogP contribution is 2.03. The summed E-state index contributed by atoms with van der Waals surface area (Å²) in [5.41, 5.74) is 0. The molecule has 1 aliphatic rings. The Hall–Kier alpha value is -1.35. The van der Waals surface area contributed by atoms with Gasteiger partial charge in [0.1, 0.15) is 6.61 Å². The van der Waals surface area contributed by atoms with Crippen molar-refractivity contribution in [1.82, 2.24) is 10.2 Å². The maximum absolute atomic E-state index is 11.6. The van der Waals surface area contributed by atoms with Crippen molar-refractivity contribution in [3.8, 4) is 0 Å². The lowest BCUT2D eigenvalue weighted by molar-refractivity contribution is -0.142. The van der Waals surface area contributed by atoms with Gasteiger partial charge >= 0.3 is 12.0 Å². The Morgan fingerprint density at radius 1 is 1.28 bits per heavy atom. The molecule has 2 amide bonds. The molecule has 0 saturated carbocycles. The van der Waals surface area contributed by atoms with E-state index in [9.17, 15) is 18.0 Å². The maximum atomic E-state index is 11.6. The molecule has 104 valence electrons. The first-order valence-corrected chi connectivity index (χ1v) is 7.25. The number of rotatable bonds is 5. The van der Waals surface area contributed by atoms with E-state index in [4.69, 9.17) is 9.84 Å². The Morgan fingerprint density at radius 3 is 2.44 bits per heavy atom. The number of amides is 2. The van der Waals surface area contributed by atoms with Crippen LogP contribution in [0.4, 0.5) is 4.79 Å². The van der Waals surface area contributed by atoms with Gasteiger partial charge < -0.3 is 20.1 Å². The highest BCUT2D eigenvalue weighted by molar-refractivity contribution is 7.91. The molecular formula is C9H16N2O6S. The fraction of sp³-hybridized carbons (Fsp3) is 0.778. The monoisotopic (exact) mass is 280 g/mol. The van der Waals surface area contributed by atoms with Crippen LogP contribution in [-0.4, -0.2) is 74.8 Å². The van der Waals surface area contributed by atoms with Crippen molar-refractivity contribution in [3.63, 3.8) is 0 Å². The van der Waals surface area contributed by atoms with Crippen LogP contribution in [0.5, 0.6) is 0 Å². The van der Waals surface area contributed by atoms with E-state index in [1.54, 1.807) is 0 Å². The van der Waals surface area contributed by atoms with Crippen molar-refractivity contribution < 1.29 is 27.9 Å². The number of carbonyl (C=O) groups excluding carboxylic acids is 1. The largest absolute Gasteiger partial charge is 0.480 e. The third-order valence-electron chi connectivity index (χ3n) is 2.38. The molecule has 0 unspecified atom stereocenters. The molecule has 9 heteroatoms. The number of urea groups is 1. The number of sulfone groups is 1. The van der Waals surface area contributed by atoms with Crippen LogP contribution in [-0.2, 0) is 19.4 Å². The summed E-state index contributed by atoms with van der Waals surface area (Å²) in [5.74, 6) is -1.10. The zero-order valence-corrected chi connectivity index (χ0v) is 10.6. The minimum absolute atomic E-state index is 0.0179. The predicted octanol–water partition coefficient (Wildman–Crippen LogP) is -1.47. The molecule has 8 nitrogen and oxygen atoms in total. The normalized spacial score (nSPS) is 18.3. The zero-order valence-electron chi connectivity index (χ0n) is 9.79. The van der Waals surface area contributed by atoms with Gasteiger partial charge in [0.2, 0.25) is 0 Å². The summed E-state index contributed by atoms with van der Waals surface area (Å²) in [5, 5.41) is 10.8. The second-order valence-corrected chi connectivity index (χ2v) is 6.12. The molecule has 0 aromatic carbocycles. The van der Waals surface area contributed by atoms with Gasteiger partial charge in [-0.15, -0.1) is 0 Å². The molecule has 1 saturated heterocycles. The van der Waals surface area contributed by atoms with E-state index in [0.717, 1.165) is 0 Å². The number of hydrogen-bond donors (Lipinski definition) is 2. The van der Waals surface area contributed by atoms with Crippen molar-refractivity contribution >= 4 is 21.8 Å². The van der Waals surface area contributed by atoms with Crippen molar-refractivity contribution in [2.45, 2.75) is 0 Å². The van der Waals surface area contributed by atoms with Gasteiger partial charge in [0.25, 0.3) is 0 Å². The first-order chi connectivity index (χ1) is 8.41. The molecule has 0 aromatic rings. The molecule has 0 bridgehead atoms. The second kappa shape index (κ2) is 6.55. The number of carboxylic acid groups (broad SMARTS) is 1. The lowest BCUT2D eigenvalue weighted by atomic mass is 10.5. The Bertz CT molecular complexity index is 393. The van der Waals surface area contributed by atoms with Crippen molar-refractivity contribution in [2.75, 3.05) is 44.4 Å². The first-order valence-electron chi connectivity index (χ1n) is 5.43. The summed E-state index contributed by atoms with van der Waals surface area (Å²) >= 11 is 0. The molecule has 18 heavy (non-hydrogen) atoms. The number of nitrogens with zero attached hydrogens (tertiary/aromatic N) is 1. The van der Waals surface area contributed by atoms with E-state index in [2.05, 4.69) is 5.32 Å². The highest BCUT2D eigenvalue weighted by atomic mass is 32.2. The fourth-order valence-electron chi connectivity index (χ4n) is 1.42. The maximum Gasteiger partial charge on any atom is 0.329 e. The number of nitrogens with one attached hydrogen (secondary N) is 1. The van der Waals surface area contributed by atoms with Crippen LogP contribution in [0.25, 0.3) is 0 Å². The minimum atomic E-state index is -3.00. The van der Waals surface area contributed by atoms with E-state index in [-0.39, 0.29) is 43.8 Å². The van der Waals surface area contributed by atoms with E-state index in [1.165, 1.54) is 4.90 Å². The van der Waals surface area contributed by atoms with E-state index >= 15 is 0 Å². The Morgan fingerprint density at radius 2 is 1.89 bits per heavy atom. The molecule has 1 aliphatic heterocycles. The minimum Gasteiger partial charge on any atom is -0.480 e. The molecule has 2 N–H and O–H groups in total. The fourth-order valence-corrected chi connectivity index (χ4v) is 2.62. The van der Waals surface area contributed by atoms with Gasteiger partial charge in [-0.3, -0.25) is 0 Å². The van der Waals surface area contributed by atoms with Crippen molar-refractivity contribution in [1.29, 1.82) is 0 Å². The second-order valence-electron chi connectivity index (χ2n) is 3.82. The number of carboxylic acids is 1. The van der Waals surface area contributed by atoms with Crippen LogP contribution < -0.4 is 5.32 Å². The predicted molar refractivity (Wildman–Crippen MR) is 62.1 cm³/mol. The molecule has 1 rings (SSSR count). The van der Waals surface area contributed by atoms with Gasteiger partial charge in [-0.25, -0.2) is 18.0 Å². The Labute approximate surface area is 105 Å². The van der Waals surface area contributed by atoms with Gasteiger partial charge in [0, 0.05) is 19.6 Å². The Kier molecular flexibility index (Phi) is 5.35. The molecule has 0 aromatic heterocycles. The average Bonchev–Trinajstić information content (AvgIpc) is 2.27. The summed E-state index contributed by atoms with van der Waals surface area (Å²) in [4.78, 5) is 23.1. The van der Waals surface area contributed by atoms with Gasteiger partial charge in [-0.2, -0.15) is 0 Å². The van der Waals surface area contributed by atoms with E-state index < -0.39 is 22.4 Å². The smallest absolute Gasteiger partial charge is 0.329 e. The van der Waals surface area contributed by atoms with Crippen LogP contribution in [0.15, 0.2) is 0 Å². The van der Waals surface area contributed by atoms with Crippen LogP contribution in [0.1, 0.15) is 0 Å². The average molecular weight is 280 g/mol. The molecular weight excluding hydrogens is 264 g/mol. The molecule has 0 aliphatic carbocycles. The molecule has 1 fully saturated rings. The first kappa shape index (κ1) is 14.7. The molecule has 0 spiro atoms. The van der Waals surface area contributed by atoms with Crippen molar-refractivity contribution in [3.05, 3.63) is 0 Å². The van der Waals surface area contributed by atoms with Gasteiger partial charge in [0.05, 0.1) is 18.1 Å². The highest BCUT2D eigenvalue weighted by Gasteiger charge is 2.24. The summed E-state index contributed by atoms with van der Waals surface area (Å²) < 4.78 is 27.0. The molecule has 1 heterocycles. The SMILES string of the molecule is O=C(O)COCCNC(=O)N1CCS(=O)(=O)CC1.